The van der Waals surface area contributed by atoms with Crippen LogP contribution in [0.4, 0.5) is 5.82 Å². The average molecular weight is 331 g/mol. The molecule has 0 saturated heterocycles. The third-order valence-corrected chi connectivity index (χ3v) is 3.80. The molecule has 1 amide bonds. The van der Waals surface area contributed by atoms with Crippen LogP contribution in [0.1, 0.15) is 5.69 Å². The number of carbonyl (C=O) groups is 1. The molecule has 24 heavy (non-hydrogen) atoms. The van der Waals surface area contributed by atoms with E-state index in [1.807, 2.05) is 6.92 Å². The van der Waals surface area contributed by atoms with Crippen molar-refractivity contribution in [2.45, 2.75) is 13.5 Å². The Morgan fingerprint density at radius 3 is 2.54 bits per heavy atom. The Kier molecular flexibility index (Phi) is 3.59. The molecule has 3 heterocycles. The molecular weight excluding hydrogens is 314 g/mol. The quantitative estimate of drug-likeness (QED) is 0.670. The summed E-state index contributed by atoms with van der Waals surface area (Å²) >= 11 is 0. The minimum atomic E-state index is -0.491. The van der Waals surface area contributed by atoms with Gasteiger partial charge in [0.1, 0.15) is 12.4 Å². The molecular formula is C14H17N7O3. The molecule has 0 unspecified atom stereocenters. The van der Waals surface area contributed by atoms with E-state index in [0.29, 0.717) is 5.82 Å². The molecule has 0 spiro atoms. The van der Waals surface area contributed by atoms with Gasteiger partial charge in [-0.15, -0.1) is 0 Å². The first kappa shape index (κ1) is 15.7. The molecule has 0 fully saturated rings. The fourth-order valence-electron chi connectivity index (χ4n) is 2.58. The molecule has 126 valence electrons. The van der Waals surface area contributed by atoms with Gasteiger partial charge >= 0.3 is 5.69 Å². The van der Waals surface area contributed by atoms with Crippen molar-refractivity contribution in [3.8, 4) is 0 Å². The van der Waals surface area contributed by atoms with Gasteiger partial charge in [-0.3, -0.25) is 23.4 Å². The summed E-state index contributed by atoms with van der Waals surface area (Å²) in [5.74, 6) is 0.232. The number of amides is 1. The van der Waals surface area contributed by atoms with E-state index in [0.717, 1.165) is 10.3 Å². The van der Waals surface area contributed by atoms with E-state index in [9.17, 15) is 14.4 Å². The fourth-order valence-corrected chi connectivity index (χ4v) is 2.58. The maximum absolute atomic E-state index is 12.3. The van der Waals surface area contributed by atoms with Crippen LogP contribution >= 0.6 is 0 Å². The zero-order valence-corrected chi connectivity index (χ0v) is 13.8. The van der Waals surface area contributed by atoms with Gasteiger partial charge in [-0.1, -0.05) is 0 Å². The van der Waals surface area contributed by atoms with Crippen molar-refractivity contribution in [2.24, 2.45) is 21.1 Å². The number of rotatable bonds is 3. The molecule has 0 atom stereocenters. The molecule has 0 radical (unpaired) electrons. The summed E-state index contributed by atoms with van der Waals surface area (Å²) in [7, 11) is 4.64. The highest BCUT2D eigenvalue weighted by molar-refractivity contribution is 5.90. The summed E-state index contributed by atoms with van der Waals surface area (Å²) in [6.07, 6.45) is 1.37. The van der Waals surface area contributed by atoms with Crippen LogP contribution in [0.15, 0.2) is 22.0 Å². The molecule has 0 aliphatic carbocycles. The van der Waals surface area contributed by atoms with E-state index in [1.165, 1.54) is 29.6 Å². The standard InChI is InChI=1S/C14H17N7O3/c1-8-5-9(20(4)17-8)16-10(22)6-21-7-15-12-11(21)13(23)19(3)14(24)18(12)2/h5,7H,6H2,1-4H3,(H,16,22). The maximum Gasteiger partial charge on any atom is 0.332 e. The van der Waals surface area contributed by atoms with E-state index in [4.69, 9.17) is 0 Å². The Bertz CT molecular complexity index is 1070. The van der Waals surface area contributed by atoms with E-state index in [-0.39, 0.29) is 23.6 Å². The third-order valence-electron chi connectivity index (χ3n) is 3.80. The molecule has 0 bridgehead atoms. The van der Waals surface area contributed by atoms with Gasteiger partial charge in [0.15, 0.2) is 11.2 Å². The first-order valence-electron chi connectivity index (χ1n) is 7.21. The smallest absolute Gasteiger partial charge is 0.315 e. The minimum absolute atomic E-state index is 0.103. The van der Waals surface area contributed by atoms with E-state index in [2.05, 4.69) is 15.4 Å². The number of fused-ring (bicyclic) bond motifs is 1. The van der Waals surface area contributed by atoms with Crippen molar-refractivity contribution in [3.05, 3.63) is 38.9 Å². The van der Waals surface area contributed by atoms with Crippen LogP contribution in [0.25, 0.3) is 11.2 Å². The van der Waals surface area contributed by atoms with Gasteiger partial charge in [0, 0.05) is 27.2 Å². The summed E-state index contributed by atoms with van der Waals surface area (Å²) in [6.45, 7) is 1.72. The normalized spacial score (nSPS) is 11.2. The molecule has 3 aromatic rings. The monoisotopic (exact) mass is 331 g/mol. The summed E-state index contributed by atoms with van der Waals surface area (Å²) in [5.41, 5.74) is 0.273. The predicted molar refractivity (Wildman–Crippen MR) is 86.8 cm³/mol. The van der Waals surface area contributed by atoms with E-state index < -0.39 is 11.2 Å². The molecule has 0 aromatic carbocycles. The highest BCUT2D eigenvalue weighted by atomic mass is 16.2. The van der Waals surface area contributed by atoms with Gasteiger partial charge in [0.25, 0.3) is 5.56 Å². The van der Waals surface area contributed by atoms with Crippen LogP contribution in [0.3, 0.4) is 0 Å². The summed E-state index contributed by atoms with van der Waals surface area (Å²) in [5, 5.41) is 6.88. The molecule has 0 aliphatic rings. The van der Waals surface area contributed by atoms with Gasteiger partial charge in [0.05, 0.1) is 12.0 Å². The fraction of sp³-hybridized carbons (Fsp3) is 0.357. The van der Waals surface area contributed by atoms with Gasteiger partial charge in [0.2, 0.25) is 5.91 Å². The van der Waals surface area contributed by atoms with Gasteiger partial charge in [-0.25, -0.2) is 9.78 Å². The van der Waals surface area contributed by atoms with Crippen LogP contribution in [-0.2, 0) is 32.5 Å². The molecule has 0 saturated carbocycles. The Hall–Kier alpha value is -3.17. The van der Waals surface area contributed by atoms with Crippen molar-refractivity contribution in [3.63, 3.8) is 0 Å². The zero-order valence-electron chi connectivity index (χ0n) is 13.8. The second-order valence-electron chi connectivity index (χ2n) is 5.59. The lowest BCUT2D eigenvalue weighted by Gasteiger charge is -2.07. The first-order chi connectivity index (χ1) is 11.3. The number of hydrogen-bond donors (Lipinski definition) is 1. The number of anilines is 1. The highest BCUT2D eigenvalue weighted by Crippen LogP contribution is 2.09. The number of aromatic nitrogens is 6. The van der Waals surface area contributed by atoms with E-state index >= 15 is 0 Å². The second-order valence-corrected chi connectivity index (χ2v) is 5.59. The van der Waals surface area contributed by atoms with Crippen LogP contribution in [0.2, 0.25) is 0 Å². The molecule has 10 heteroatoms. The SMILES string of the molecule is Cc1cc(NC(=O)Cn2cnc3c2c(=O)n(C)c(=O)n3C)n(C)n1. The summed E-state index contributed by atoms with van der Waals surface area (Å²) in [4.78, 5) is 40.6. The largest absolute Gasteiger partial charge is 0.332 e. The molecule has 1 N–H and O–H groups in total. The summed E-state index contributed by atoms with van der Waals surface area (Å²) < 4.78 is 5.25. The van der Waals surface area contributed by atoms with Gasteiger partial charge in [-0.05, 0) is 6.92 Å². The number of aryl methyl sites for hydroxylation is 3. The number of nitrogens with one attached hydrogen (secondary N) is 1. The van der Waals surface area contributed by atoms with Crippen LogP contribution in [0.5, 0.6) is 0 Å². The van der Waals surface area contributed by atoms with Crippen molar-refractivity contribution in [1.29, 1.82) is 0 Å². The molecule has 3 rings (SSSR count). The average Bonchev–Trinajstić information content (AvgIpc) is 3.06. The second kappa shape index (κ2) is 5.48. The van der Waals surface area contributed by atoms with Crippen molar-refractivity contribution in [1.82, 2.24) is 28.5 Å². The Morgan fingerprint density at radius 1 is 1.21 bits per heavy atom. The minimum Gasteiger partial charge on any atom is -0.315 e. The predicted octanol–water partition coefficient (Wildman–Crippen LogP) is -0.886. The first-order valence-corrected chi connectivity index (χ1v) is 7.21. The number of carbonyl (C=O) groups excluding carboxylic acids is 1. The lowest BCUT2D eigenvalue weighted by atomic mass is 10.4. The Balaban J connectivity index is 1.96. The van der Waals surface area contributed by atoms with Gasteiger partial charge in [-0.2, -0.15) is 5.10 Å². The molecule has 10 nitrogen and oxygen atoms in total. The third kappa shape index (κ3) is 2.41. The lowest BCUT2D eigenvalue weighted by Crippen LogP contribution is -2.37. The highest BCUT2D eigenvalue weighted by Gasteiger charge is 2.16. The van der Waals surface area contributed by atoms with Crippen molar-refractivity contribution >= 4 is 22.9 Å². The van der Waals surface area contributed by atoms with Gasteiger partial charge < -0.3 is 9.88 Å². The van der Waals surface area contributed by atoms with Crippen molar-refractivity contribution < 1.29 is 4.79 Å². The Morgan fingerprint density at radius 2 is 1.92 bits per heavy atom. The topological polar surface area (TPSA) is 109 Å². The van der Waals surface area contributed by atoms with Crippen molar-refractivity contribution in [2.75, 3.05) is 5.32 Å². The molecule has 0 aliphatic heterocycles. The number of hydrogen-bond acceptors (Lipinski definition) is 5. The van der Waals surface area contributed by atoms with Crippen LogP contribution < -0.4 is 16.6 Å². The lowest BCUT2D eigenvalue weighted by molar-refractivity contribution is -0.116. The number of imidazole rings is 1. The maximum atomic E-state index is 12.3. The zero-order chi connectivity index (χ0) is 17.6. The molecule has 3 aromatic heterocycles. The van der Waals surface area contributed by atoms with Crippen LogP contribution in [0, 0.1) is 6.92 Å². The Labute approximate surface area is 135 Å². The van der Waals surface area contributed by atoms with E-state index in [1.54, 1.807) is 17.8 Å². The van der Waals surface area contributed by atoms with Crippen LogP contribution in [-0.4, -0.2) is 34.4 Å². The number of nitrogens with zero attached hydrogens (tertiary/aromatic N) is 6. The summed E-state index contributed by atoms with van der Waals surface area (Å²) in [6, 6.07) is 1.74.